The molecule has 0 bridgehead atoms. The maximum atomic E-state index is 4.65. The van der Waals surface area contributed by atoms with Gasteiger partial charge in [-0.05, 0) is 65.3 Å². The SMILES string of the molecule is Cc1nc(CC2CCCCC2CNC(C)(C)C)cs1. The number of aromatic nitrogens is 1. The molecule has 2 nitrogen and oxygen atoms in total. The maximum absolute atomic E-state index is 4.65. The third-order valence-corrected chi connectivity index (χ3v) is 4.92. The topological polar surface area (TPSA) is 24.9 Å². The molecular weight excluding hydrogens is 252 g/mol. The molecule has 2 rings (SSSR count). The molecule has 1 aromatic heterocycles. The lowest BCUT2D eigenvalue weighted by molar-refractivity contribution is 0.212. The van der Waals surface area contributed by atoms with E-state index >= 15 is 0 Å². The zero-order valence-electron chi connectivity index (χ0n) is 12.8. The molecule has 1 N–H and O–H groups in total. The molecule has 0 amide bonds. The highest BCUT2D eigenvalue weighted by Gasteiger charge is 2.26. The lowest BCUT2D eigenvalue weighted by Crippen LogP contribution is -2.41. The second-order valence-corrected chi connectivity index (χ2v) is 8.06. The number of hydrogen-bond acceptors (Lipinski definition) is 3. The normalized spacial score (nSPS) is 24.6. The molecule has 1 saturated carbocycles. The van der Waals surface area contributed by atoms with E-state index in [2.05, 4.69) is 43.4 Å². The molecule has 0 aliphatic heterocycles. The van der Waals surface area contributed by atoms with Gasteiger partial charge in [-0.1, -0.05) is 12.8 Å². The first kappa shape index (κ1) is 15.0. The van der Waals surface area contributed by atoms with Crippen LogP contribution in [0.2, 0.25) is 0 Å². The summed E-state index contributed by atoms with van der Waals surface area (Å²) in [6.45, 7) is 10.0. The summed E-state index contributed by atoms with van der Waals surface area (Å²) in [5.41, 5.74) is 1.55. The summed E-state index contributed by atoms with van der Waals surface area (Å²) in [5.74, 6) is 1.65. The number of rotatable bonds is 4. The van der Waals surface area contributed by atoms with E-state index in [9.17, 15) is 0 Å². The number of nitrogens with one attached hydrogen (secondary N) is 1. The Hall–Kier alpha value is -0.410. The van der Waals surface area contributed by atoms with Crippen LogP contribution in [0.15, 0.2) is 5.38 Å². The van der Waals surface area contributed by atoms with Crippen molar-refractivity contribution in [1.29, 1.82) is 0 Å². The smallest absolute Gasteiger partial charge is 0.0897 e. The van der Waals surface area contributed by atoms with Crippen LogP contribution in [0.1, 0.15) is 57.2 Å². The van der Waals surface area contributed by atoms with Gasteiger partial charge in [0, 0.05) is 10.9 Å². The van der Waals surface area contributed by atoms with Crippen molar-refractivity contribution >= 4 is 11.3 Å². The minimum Gasteiger partial charge on any atom is -0.312 e. The van der Waals surface area contributed by atoms with Gasteiger partial charge in [-0.25, -0.2) is 4.98 Å². The highest BCUT2D eigenvalue weighted by atomic mass is 32.1. The summed E-state index contributed by atoms with van der Waals surface area (Å²) in [5, 5.41) is 7.15. The average Bonchev–Trinajstić information content (AvgIpc) is 2.73. The van der Waals surface area contributed by atoms with Gasteiger partial charge in [0.15, 0.2) is 0 Å². The van der Waals surface area contributed by atoms with Gasteiger partial charge in [0.1, 0.15) is 0 Å². The van der Waals surface area contributed by atoms with E-state index in [1.807, 2.05) is 0 Å². The van der Waals surface area contributed by atoms with Gasteiger partial charge in [0.05, 0.1) is 10.7 Å². The summed E-state index contributed by atoms with van der Waals surface area (Å²) in [4.78, 5) is 4.65. The highest BCUT2D eigenvalue weighted by molar-refractivity contribution is 7.09. The van der Waals surface area contributed by atoms with Crippen LogP contribution in [0.5, 0.6) is 0 Å². The van der Waals surface area contributed by atoms with E-state index in [1.165, 1.54) is 42.8 Å². The molecule has 1 fully saturated rings. The van der Waals surface area contributed by atoms with Crippen LogP contribution >= 0.6 is 11.3 Å². The highest BCUT2D eigenvalue weighted by Crippen LogP contribution is 2.32. The van der Waals surface area contributed by atoms with Crippen LogP contribution in [-0.2, 0) is 6.42 Å². The fourth-order valence-corrected chi connectivity index (χ4v) is 3.66. The van der Waals surface area contributed by atoms with Gasteiger partial charge in [-0.15, -0.1) is 11.3 Å². The minimum absolute atomic E-state index is 0.235. The van der Waals surface area contributed by atoms with Crippen molar-refractivity contribution < 1.29 is 0 Å². The molecular formula is C16H28N2S. The van der Waals surface area contributed by atoms with E-state index in [1.54, 1.807) is 11.3 Å². The van der Waals surface area contributed by atoms with Crippen LogP contribution in [0.4, 0.5) is 0 Å². The standard InChI is InChI=1S/C16H28N2S/c1-12-18-15(11-19-12)9-13-7-5-6-8-14(13)10-17-16(2,3)4/h11,13-14,17H,5-10H2,1-4H3. The van der Waals surface area contributed by atoms with Crippen molar-refractivity contribution in [3.63, 3.8) is 0 Å². The van der Waals surface area contributed by atoms with E-state index in [0.29, 0.717) is 0 Å². The molecule has 0 radical (unpaired) electrons. The Morgan fingerprint density at radius 1 is 1.26 bits per heavy atom. The Balaban J connectivity index is 1.92. The summed E-state index contributed by atoms with van der Waals surface area (Å²) in [7, 11) is 0. The van der Waals surface area contributed by atoms with Crippen molar-refractivity contribution in [2.75, 3.05) is 6.54 Å². The molecule has 1 heterocycles. The van der Waals surface area contributed by atoms with E-state index < -0.39 is 0 Å². The average molecular weight is 280 g/mol. The van der Waals surface area contributed by atoms with E-state index in [0.717, 1.165) is 18.4 Å². The second kappa shape index (κ2) is 6.36. The third-order valence-electron chi connectivity index (χ3n) is 4.10. The predicted molar refractivity (Wildman–Crippen MR) is 83.8 cm³/mol. The molecule has 1 aromatic rings. The van der Waals surface area contributed by atoms with Crippen molar-refractivity contribution in [3.8, 4) is 0 Å². The first-order valence-corrected chi connectivity index (χ1v) is 8.48. The first-order valence-electron chi connectivity index (χ1n) is 7.60. The molecule has 2 unspecified atom stereocenters. The largest absolute Gasteiger partial charge is 0.312 e. The molecule has 0 spiro atoms. The molecule has 2 atom stereocenters. The molecule has 3 heteroatoms. The van der Waals surface area contributed by atoms with Crippen LogP contribution in [-0.4, -0.2) is 17.1 Å². The summed E-state index contributed by atoms with van der Waals surface area (Å²) >= 11 is 1.79. The maximum Gasteiger partial charge on any atom is 0.0897 e. The van der Waals surface area contributed by atoms with E-state index in [4.69, 9.17) is 0 Å². The second-order valence-electron chi connectivity index (χ2n) is 7.00. The quantitative estimate of drug-likeness (QED) is 0.894. The minimum atomic E-state index is 0.235. The van der Waals surface area contributed by atoms with E-state index in [-0.39, 0.29) is 5.54 Å². The first-order chi connectivity index (χ1) is 8.94. The molecule has 1 aliphatic rings. The fourth-order valence-electron chi connectivity index (χ4n) is 3.03. The van der Waals surface area contributed by atoms with Gasteiger partial charge in [0.25, 0.3) is 0 Å². The lowest BCUT2D eigenvalue weighted by atomic mass is 9.76. The number of nitrogens with zero attached hydrogens (tertiary/aromatic N) is 1. The van der Waals surface area contributed by atoms with Gasteiger partial charge >= 0.3 is 0 Å². The summed E-state index contributed by atoms with van der Waals surface area (Å²) < 4.78 is 0. The summed E-state index contributed by atoms with van der Waals surface area (Å²) in [6.07, 6.45) is 6.76. The van der Waals surface area contributed by atoms with Crippen LogP contribution in [0.3, 0.4) is 0 Å². The van der Waals surface area contributed by atoms with Gasteiger partial charge < -0.3 is 5.32 Å². The number of hydrogen-bond donors (Lipinski definition) is 1. The Morgan fingerprint density at radius 2 is 1.95 bits per heavy atom. The number of aryl methyl sites for hydroxylation is 1. The Morgan fingerprint density at radius 3 is 2.53 bits per heavy atom. The van der Waals surface area contributed by atoms with Gasteiger partial charge in [-0.2, -0.15) is 0 Å². The molecule has 0 aromatic carbocycles. The van der Waals surface area contributed by atoms with Gasteiger partial charge in [-0.3, -0.25) is 0 Å². The van der Waals surface area contributed by atoms with Crippen molar-refractivity contribution in [3.05, 3.63) is 16.1 Å². The number of thiazole rings is 1. The Labute approximate surface area is 122 Å². The van der Waals surface area contributed by atoms with Crippen molar-refractivity contribution in [2.24, 2.45) is 11.8 Å². The van der Waals surface area contributed by atoms with Crippen LogP contribution < -0.4 is 5.32 Å². The third kappa shape index (κ3) is 4.88. The zero-order valence-corrected chi connectivity index (χ0v) is 13.6. The fraction of sp³-hybridized carbons (Fsp3) is 0.812. The molecule has 0 saturated heterocycles. The Kier molecular flexibility index (Phi) is 5.02. The molecule has 1 aliphatic carbocycles. The van der Waals surface area contributed by atoms with Gasteiger partial charge in [0.2, 0.25) is 0 Å². The zero-order chi connectivity index (χ0) is 13.9. The Bertz CT molecular complexity index is 392. The molecule has 19 heavy (non-hydrogen) atoms. The lowest BCUT2D eigenvalue weighted by Gasteiger charge is -2.34. The molecule has 108 valence electrons. The van der Waals surface area contributed by atoms with Crippen LogP contribution in [0, 0.1) is 18.8 Å². The van der Waals surface area contributed by atoms with Crippen molar-refractivity contribution in [1.82, 2.24) is 10.3 Å². The van der Waals surface area contributed by atoms with Crippen LogP contribution in [0.25, 0.3) is 0 Å². The summed E-state index contributed by atoms with van der Waals surface area (Å²) in [6, 6.07) is 0. The monoisotopic (exact) mass is 280 g/mol. The van der Waals surface area contributed by atoms with Crippen molar-refractivity contribution in [2.45, 2.75) is 65.3 Å². The predicted octanol–water partition coefficient (Wildman–Crippen LogP) is 4.19.